The van der Waals surface area contributed by atoms with Gasteiger partial charge in [0.25, 0.3) is 0 Å². The molecule has 3 aromatic rings. The van der Waals surface area contributed by atoms with Crippen molar-refractivity contribution in [1.29, 1.82) is 0 Å². The lowest BCUT2D eigenvalue weighted by molar-refractivity contribution is -0.121. The van der Waals surface area contributed by atoms with Crippen LogP contribution in [-0.2, 0) is 9.53 Å². The molecule has 182 valence electrons. The second kappa shape index (κ2) is 11.2. The number of nitrogens with two attached hydrogens (primary N) is 1. The van der Waals surface area contributed by atoms with Crippen LogP contribution < -0.4 is 21.5 Å². The van der Waals surface area contributed by atoms with E-state index in [1.807, 2.05) is 65.6 Å². The van der Waals surface area contributed by atoms with Gasteiger partial charge in [0.05, 0.1) is 12.5 Å². The summed E-state index contributed by atoms with van der Waals surface area (Å²) < 4.78 is 5.07. The first kappa shape index (κ1) is 23.8. The van der Waals surface area contributed by atoms with E-state index in [0.717, 1.165) is 11.1 Å². The van der Waals surface area contributed by atoms with Gasteiger partial charge in [0, 0.05) is 26.2 Å². The van der Waals surface area contributed by atoms with Crippen molar-refractivity contribution in [3.8, 4) is 0 Å². The molecule has 0 radical (unpaired) electrons. The molecule has 1 aliphatic heterocycles. The van der Waals surface area contributed by atoms with E-state index in [9.17, 15) is 9.59 Å². The van der Waals surface area contributed by atoms with Crippen LogP contribution in [0.25, 0.3) is 0 Å². The molecule has 1 aromatic heterocycles. The van der Waals surface area contributed by atoms with Crippen LogP contribution in [-0.4, -0.2) is 59.7 Å². The molecule has 4 N–H and O–H groups in total. The first-order valence-electron chi connectivity index (χ1n) is 11.5. The van der Waals surface area contributed by atoms with Gasteiger partial charge in [0.1, 0.15) is 12.0 Å². The van der Waals surface area contributed by atoms with Crippen molar-refractivity contribution in [2.45, 2.75) is 12.8 Å². The largest absolute Gasteiger partial charge is 0.450 e. The number of hydrogen-bond acceptors (Lipinski definition) is 8. The highest BCUT2D eigenvalue weighted by Gasteiger charge is 2.26. The van der Waals surface area contributed by atoms with Crippen LogP contribution in [0, 0.1) is 0 Å². The monoisotopic (exact) mass is 475 g/mol. The van der Waals surface area contributed by atoms with E-state index in [1.54, 1.807) is 11.8 Å². The molecule has 1 saturated heterocycles. The number of carbonyl (C=O) groups is 2. The van der Waals surface area contributed by atoms with Crippen molar-refractivity contribution in [3.63, 3.8) is 0 Å². The number of amides is 2. The van der Waals surface area contributed by atoms with Gasteiger partial charge in [-0.25, -0.2) is 14.8 Å². The van der Waals surface area contributed by atoms with Gasteiger partial charge in [-0.1, -0.05) is 60.7 Å². The highest BCUT2D eigenvalue weighted by molar-refractivity contribution is 5.88. The average molecular weight is 476 g/mol. The second-order valence-corrected chi connectivity index (χ2v) is 8.00. The number of hydrogen-bond donors (Lipinski definition) is 3. The molecule has 0 spiro atoms. The Kier molecular flexibility index (Phi) is 7.61. The lowest BCUT2D eigenvalue weighted by Crippen LogP contribution is -2.49. The van der Waals surface area contributed by atoms with Gasteiger partial charge >= 0.3 is 6.09 Å². The number of aromatic nitrogens is 2. The number of nitrogens with zero attached hydrogens (tertiary/aromatic N) is 4. The number of nitrogens with one attached hydrogen (secondary N) is 2. The van der Waals surface area contributed by atoms with Gasteiger partial charge in [-0.05, 0) is 18.1 Å². The van der Waals surface area contributed by atoms with Crippen LogP contribution in [0.4, 0.5) is 22.1 Å². The summed E-state index contributed by atoms with van der Waals surface area (Å²) in [6.45, 7) is 4.22. The number of piperazine rings is 1. The van der Waals surface area contributed by atoms with Gasteiger partial charge in [-0.2, -0.15) is 0 Å². The minimum atomic E-state index is -0.511. The van der Waals surface area contributed by atoms with Crippen LogP contribution in [0.3, 0.4) is 0 Å². The summed E-state index contributed by atoms with van der Waals surface area (Å²) >= 11 is 0. The van der Waals surface area contributed by atoms with Crippen molar-refractivity contribution >= 4 is 29.3 Å². The molecule has 35 heavy (non-hydrogen) atoms. The molecule has 0 unspecified atom stereocenters. The first-order valence-corrected chi connectivity index (χ1v) is 11.5. The Balaban J connectivity index is 1.45. The number of carbonyl (C=O) groups excluding carboxylic acids is 2. The summed E-state index contributed by atoms with van der Waals surface area (Å²) in [6.07, 6.45) is 1.07. The zero-order valence-electron chi connectivity index (χ0n) is 19.6. The fourth-order valence-electron chi connectivity index (χ4n) is 4.03. The standard InChI is InChI=1S/C25H29N7O3/c1-2-35-25(34)32-15-13-31(14-16-32)23-21(26)22(27-17-28-23)29-30-24(33)20(18-9-5-3-6-10-18)19-11-7-4-8-12-19/h3-12,17,20H,2,13-16,26H2,1H3,(H,30,33)(H,27,28,29). The summed E-state index contributed by atoms with van der Waals surface area (Å²) in [5.41, 5.74) is 14.0. The minimum absolute atomic E-state index is 0.245. The maximum Gasteiger partial charge on any atom is 0.409 e. The lowest BCUT2D eigenvalue weighted by atomic mass is 9.91. The van der Waals surface area contributed by atoms with Crippen LogP contribution in [0.2, 0.25) is 0 Å². The molecule has 0 atom stereocenters. The third kappa shape index (κ3) is 5.60. The highest BCUT2D eigenvalue weighted by Crippen LogP contribution is 2.28. The van der Waals surface area contributed by atoms with Crippen LogP contribution in [0.5, 0.6) is 0 Å². The van der Waals surface area contributed by atoms with Gasteiger partial charge < -0.3 is 20.3 Å². The van der Waals surface area contributed by atoms with Crippen molar-refractivity contribution in [1.82, 2.24) is 20.3 Å². The molecule has 1 aliphatic rings. The molecule has 10 heteroatoms. The normalized spacial score (nSPS) is 13.4. The Morgan fingerprint density at radius 1 is 0.971 bits per heavy atom. The van der Waals surface area contributed by atoms with E-state index in [2.05, 4.69) is 20.8 Å². The molecular formula is C25H29N7O3. The van der Waals surface area contributed by atoms with Crippen LogP contribution >= 0.6 is 0 Å². The van der Waals surface area contributed by atoms with Crippen molar-refractivity contribution in [3.05, 3.63) is 78.1 Å². The van der Waals surface area contributed by atoms with E-state index in [-0.39, 0.29) is 12.0 Å². The number of ether oxygens (including phenoxy) is 1. The molecule has 1 fully saturated rings. The van der Waals surface area contributed by atoms with Gasteiger partial charge in [-0.3, -0.25) is 15.6 Å². The minimum Gasteiger partial charge on any atom is -0.450 e. The highest BCUT2D eigenvalue weighted by atomic mass is 16.6. The molecule has 0 aliphatic carbocycles. The van der Waals surface area contributed by atoms with Gasteiger partial charge in [0.15, 0.2) is 11.6 Å². The van der Waals surface area contributed by atoms with E-state index in [0.29, 0.717) is 50.1 Å². The van der Waals surface area contributed by atoms with E-state index in [4.69, 9.17) is 10.5 Å². The third-order valence-corrected chi connectivity index (χ3v) is 5.80. The van der Waals surface area contributed by atoms with Crippen LogP contribution in [0.15, 0.2) is 67.0 Å². The Bertz CT molecular complexity index is 1100. The summed E-state index contributed by atoms with van der Waals surface area (Å²) in [6, 6.07) is 19.1. The van der Waals surface area contributed by atoms with Gasteiger partial charge in [0.2, 0.25) is 5.91 Å². The number of benzene rings is 2. The van der Waals surface area contributed by atoms with E-state index >= 15 is 0 Å². The van der Waals surface area contributed by atoms with Crippen molar-refractivity contribution in [2.75, 3.05) is 48.8 Å². The molecule has 0 saturated carbocycles. The Labute approximate surface area is 204 Å². The SMILES string of the molecule is CCOC(=O)N1CCN(c2ncnc(NNC(=O)C(c3ccccc3)c3ccccc3)c2N)CC1. The third-order valence-electron chi connectivity index (χ3n) is 5.80. The molecule has 0 bridgehead atoms. The van der Waals surface area contributed by atoms with E-state index in [1.165, 1.54) is 6.33 Å². The first-order chi connectivity index (χ1) is 17.1. The van der Waals surface area contributed by atoms with Crippen molar-refractivity contribution < 1.29 is 14.3 Å². The number of anilines is 3. The number of hydrazine groups is 1. The summed E-state index contributed by atoms with van der Waals surface area (Å²) in [5.74, 6) is 0.0902. The molecule has 2 heterocycles. The molecule has 2 aromatic carbocycles. The smallest absolute Gasteiger partial charge is 0.409 e. The van der Waals surface area contributed by atoms with Crippen molar-refractivity contribution in [2.24, 2.45) is 0 Å². The number of nitrogen functional groups attached to an aromatic ring is 1. The molecule has 10 nitrogen and oxygen atoms in total. The Morgan fingerprint density at radius 3 is 2.14 bits per heavy atom. The number of rotatable bonds is 7. The zero-order valence-corrected chi connectivity index (χ0v) is 19.6. The van der Waals surface area contributed by atoms with Gasteiger partial charge in [-0.15, -0.1) is 0 Å². The maximum absolute atomic E-state index is 13.3. The Morgan fingerprint density at radius 2 is 1.57 bits per heavy atom. The summed E-state index contributed by atoms with van der Waals surface area (Å²) in [5, 5.41) is 0. The maximum atomic E-state index is 13.3. The summed E-state index contributed by atoms with van der Waals surface area (Å²) in [7, 11) is 0. The topological polar surface area (TPSA) is 126 Å². The second-order valence-electron chi connectivity index (χ2n) is 8.00. The molecule has 2 amide bonds. The molecular weight excluding hydrogens is 446 g/mol. The lowest BCUT2D eigenvalue weighted by Gasteiger charge is -2.35. The fraction of sp³-hybridized carbons (Fsp3) is 0.280. The quantitative estimate of drug-likeness (QED) is 0.445. The van der Waals surface area contributed by atoms with Crippen LogP contribution in [0.1, 0.15) is 24.0 Å². The molecule has 4 rings (SSSR count). The zero-order chi connectivity index (χ0) is 24.6. The average Bonchev–Trinajstić information content (AvgIpc) is 2.90. The van der Waals surface area contributed by atoms with E-state index < -0.39 is 5.92 Å². The predicted molar refractivity (Wildman–Crippen MR) is 134 cm³/mol. The Hall–Kier alpha value is -4.34. The predicted octanol–water partition coefficient (Wildman–Crippen LogP) is 2.61. The summed E-state index contributed by atoms with van der Waals surface area (Å²) in [4.78, 5) is 37.4. The fourth-order valence-corrected chi connectivity index (χ4v) is 4.03.